The van der Waals surface area contributed by atoms with E-state index in [0.29, 0.717) is 22.7 Å². The molecule has 0 aliphatic carbocycles. The smallest absolute Gasteiger partial charge is 1.00 e. The number of anilines is 4. The molecule has 0 fully saturated rings. The maximum atomic E-state index is 5.74. The second-order valence-electron chi connectivity index (χ2n) is 3.69. The number of nitrogen functional groups attached to an aromatic ring is 4. The summed E-state index contributed by atoms with van der Waals surface area (Å²) in [5.74, 6) is 0. The van der Waals surface area contributed by atoms with E-state index in [1.54, 1.807) is 12.1 Å². The van der Waals surface area contributed by atoms with Crippen molar-refractivity contribution in [2.45, 2.75) is 0 Å². The third-order valence-electron chi connectivity index (χ3n) is 2.51. The normalized spacial score (nSPS) is 8.63. The van der Waals surface area contributed by atoms with Crippen molar-refractivity contribution in [3.8, 4) is 11.1 Å². The Morgan fingerprint density at radius 3 is 1.11 bits per heavy atom. The molecule has 7 heteroatoms. The van der Waals surface area contributed by atoms with Crippen LogP contribution in [0.4, 0.5) is 22.7 Å². The molecule has 0 aromatic heterocycles. The molecule has 0 bridgehead atoms. The molecule has 0 unspecified atom stereocenters. The van der Waals surface area contributed by atoms with Crippen molar-refractivity contribution in [2.75, 3.05) is 22.9 Å². The van der Waals surface area contributed by atoms with Gasteiger partial charge in [-0.2, -0.15) is 0 Å². The Morgan fingerprint density at radius 2 is 0.842 bits per heavy atom. The van der Waals surface area contributed by atoms with Gasteiger partial charge in [0.2, 0.25) is 0 Å². The molecule has 4 nitrogen and oxygen atoms in total. The molecule has 106 valence electrons. The molecule has 0 aliphatic rings. The van der Waals surface area contributed by atoms with Gasteiger partial charge in [0.25, 0.3) is 0 Å². The van der Waals surface area contributed by atoms with Gasteiger partial charge in [0, 0.05) is 0 Å². The van der Waals surface area contributed by atoms with Crippen LogP contribution >= 0.6 is 0 Å². The fourth-order valence-electron chi connectivity index (χ4n) is 1.51. The van der Waals surface area contributed by atoms with Crippen LogP contribution in [0.5, 0.6) is 0 Å². The Labute approximate surface area is 134 Å². The molecule has 0 saturated heterocycles. The van der Waals surface area contributed by atoms with Gasteiger partial charge in [-0.05, 0) is 35.4 Å². The molecule has 0 heterocycles. The second kappa shape index (κ2) is 8.00. The van der Waals surface area contributed by atoms with Crippen molar-refractivity contribution < 1.29 is 41.3 Å². The van der Waals surface area contributed by atoms with Crippen LogP contribution in [0.2, 0.25) is 0 Å². The van der Waals surface area contributed by atoms with Crippen molar-refractivity contribution in [3.05, 3.63) is 36.4 Å². The fourth-order valence-corrected chi connectivity index (χ4v) is 1.51. The van der Waals surface area contributed by atoms with Crippen LogP contribution < -0.4 is 47.7 Å². The van der Waals surface area contributed by atoms with Gasteiger partial charge in [0.15, 0.2) is 0 Å². The predicted octanol–water partition coefficient (Wildman–Crippen LogP) is -4.31. The van der Waals surface area contributed by atoms with Crippen LogP contribution in [0.25, 0.3) is 11.1 Å². The molecule has 0 saturated carbocycles. The van der Waals surface area contributed by atoms with Crippen molar-refractivity contribution in [3.63, 3.8) is 0 Å². The van der Waals surface area contributed by atoms with Crippen LogP contribution in [-0.4, -0.2) is 0 Å². The zero-order valence-electron chi connectivity index (χ0n) is 9.85. The van der Waals surface area contributed by atoms with Gasteiger partial charge in [-0.15, -0.1) is 0 Å². The molecular weight excluding hydrogens is 330 g/mol. The molecule has 2 aromatic carbocycles. The Kier molecular flexibility index (Phi) is 8.44. The van der Waals surface area contributed by atoms with Gasteiger partial charge in [0.1, 0.15) is 0 Å². The maximum absolute atomic E-state index is 5.74. The van der Waals surface area contributed by atoms with Gasteiger partial charge in [-0.25, -0.2) is 0 Å². The number of hydrogen-bond donors (Lipinski definition) is 4. The molecule has 19 heavy (non-hydrogen) atoms. The zero-order valence-corrected chi connectivity index (χ0v) is 12.3. The maximum Gasteiger partial charge on any atom is 2.00 e. The van der Waals surface area contributed by atoms with Crippen molar-refractivity contribution in [2.24, 2.45) is 0 Å². The zero-order chi connectivity index (χ0) is 11.7. The fraction of sp³-hybridized carbons (Fsp3) is 0. The van der Waals surface area contributed by atoms with E-state index in [4.69, 9.17) is 22.9 Å². The Hall–Kier alpha value is -1.29. The first-order valence-corrected chi connectivity index (χ1v) is 4.88. The summed E-state index contributed by atoms with van der Waals surface area (Å²) in [4.78, 5) is 0. The van der Waals surface area contributed by atoms with Crippen molar-refractivity contribution in [1.29, 1.82) is 0 Å². The SMILES string of the molecule is Nc1ccc(-c2ccc(N)c(N)c2)cc1N.[Cl-].[Cl-].[Ni+2]. The van der Waals surface area contributed by atoms with Crippen molar-refractivity contribution in [1.82, 2.24) is 0 Å². The number of benzene rings is 2. The first kappa shape index (κ1) is 20.0. The summed E-state index contributed by atoms with van der Waals surface area (Å²) in [6.45, 7) is 0. The number of nitrogens with two attached hydrogens (primary N) is 4. The summed E-state index contributed by atoms with van der Waals surface area (Å²) in [7, 11) is 0. The molecule has 2 rings (SSSR count). The van der Waals surface area contributed by atoms with E-state index >= 15 is 0 Å². The minimum atomic E-state index is 0. The first-order valence-electron chi connectivity index (χ1n) is 4.88. The van der Waals surface area contributed by atoms with E-state index < -0.39 is 0 Å². The van der Waals surface area contributed by atoms with E-state index in [9.17, 15) is 0 Å². The number of halogens is 2. The summed E-state index contributed by atoms with van der Waals surface area (Å²) in [6.07, 6.45) is 0. The van der Waals surface area contributed by atoms with Gasteiger partial charge in [-0.1, -0.05) is 12.1 Å². The van der Waals surface area contributed by atoms with E-state index in [1.165, 1.54) is 0 Å². The summed E-state index contributed by atoms with van der Waals surface area (Å²) in [5, 5.41) is 0. The van der Waals surface area contributed by atoms with E-state index in [1.807, 2.05) is 24.3 Å². The second-order valence-corrected chi connectivity index (χ2v) is 3.69. The van der Waals surface area contributed by atoms with Crippen LogP contribution in [0, 0.1) is 0 Å². The third-order valence-corrected chi connectivity index (χ3v) is 2.51. The van der Waals surface area contributed by atoms with Crippen LogP contribution in [0.15, 0.2) is 36.4 Å². The van der Waals surface area contributed by atoms with Gasteiger partial charge in [-0.3, -0.25) is 0 Å². The predicted molar refractivity (Wildman–Crippen MR) is 69.5 cm³/mol. The summed E-state index contributed by atoms with van der Waals surface area (Å²) < 4.78 is 0. The largest absolute Gasteiger partial charge is 2.00 e. The standard InChI is InChI=1S/C12H14N4.2ClH.Ni/c13-9-3-1-7(5-11(9)15)8-2-4-10(14)12(16)6-8;;;/h1-6H,13-16H2;2*1H;/q;;;+2/p-2. The Balaban J connectivity index is 0. The molecule has 0 atom stereocenters. The average molecular weight is 344 g/mol. The topological polar surface area (TPSA) is 104 Å². The molecule has 0 spiro atoms. The van der Waals surface area contributed by atoms with Crippen LogP contribution in [-0.2, 0) is 16.5 Å². The van der Waals surface area contributed by atoms with Gasteiger partial charge >= 0.3 is 16.5 Å². The molecular formula is C12H14Cl2N4Ni. The molecule has 8 N–H and O–H groups in total. The van der Waals surface area contributed by atoms with Crippen molar-refractivity contribution >= 4 is 22.7 Å². The van der Waals surface area contributed by atoms with E-state index in [0.717, 1.165) is 11.1 Å². The Morgan fingerprint density at radius 1 is 0.526 bits per heavy atom. The van der Waals surface area contributed by atoms with Gasteiger partial charge < -0.3 is 47.7 Å². The first-order chi connectivity index (χ1) is 7.58. The summed E-state index contributed by atoms with van der Waals surface area (Å²) >= 11 is 0. The van der Waals surface area contributed by atoms with Crippen LogP contribution in [0.3, 0.4) is 0 Å². The average Bonchev–Trinajstić information content (AvgIpc) is 2.26. The molecule has 0 aliphatic heterocycles. The summed E-state index contributed by atoms with van der Waals surface area (Å²) in [6, 6.07) is 11.0. The monoisotopic (exact) mass is 342 g/mol. The van der Waals surface area contributed by atoms with Gasteiger partial charge in [0.05, 0.1) is 22.7 Å². The van der Waals surface area contributed by atoms with E-state index in [-0.39, 0.29) is 41.3 Å². The molecule has 2 aromatic rings. The molecule has 0 amide bonds. The minimum Gasteiger partial charge on any atom is -1.00 e. The van der Waals surface area contributed by atoms with E-state index in [2.05, 4.69) is 0 Å². The third kappa shape index (κ3) is 4.39. The summed E-state index contributed by atoms with van der Waals surface area (Å²) in [5.41, 5.74) is 27.0. The quantitative estimate of drug-likeness (QED) is 0.310. The molecule has 0 radical (unpaired) electrons. The minimum absolute atomic E-state index is 0. The Bertz CT molecular complexity index is 500. The number of hydrogen-bond acceptors (Lipinski definition) is 4. The number of rotatable bonds is 1. The van der Waals surface area contributed by atoms with Crippen LogP contribution in [0.1, 0.15) is 0 Å².